The van der Waals surface area contributed by atoms with E-state index in [9.17, 15) is 4.39 Å². The summed E-state index contributed by atoms with van der Waals surface area (Å²) in [6, 6.07) is 6.58. The highest BCUT2D eigenvalue weighted by Crippen LogP contribution is 2.19. The zero-order chi connectivity index (χ0) is 15.3. The van der Waals surface area contributed by atoms with Crippen LogP contribution in [0.1, 0.15) is 32.4 Å². The Kier molecular flexibility index (Phi) is 5.51. The molecule has 0 amide bonds. The zero-order valence-electron chi connectivity index (χ0n) is 12.9. The lowest BCUT2D eigenvalue weighted by Crippen LogP contribution is -2.45. The Morgan fingerprint density at radius 2 is 2.05 bits per heavy atom. The SMILES string of the molecule is CN(C)C(CN=C(N)NC(C)(C)C)c1cccc(F)c1. The van der Waals surface area contributed by atoms with Gasteiger partial charge in [-0.25, -0.2) is 4.39 Å². The van der Waals surface area contributed by atoms with Gasteiger partial charge in [0.2, 0.25) is 0 Å². The molecular formula is C15H25FN4. The summed E-state index contributed by atoms with van der Waals surface area (Å²) < 4.78 is 13.3. The summed E-state index contributed by atoms with van der Waals surface area (Å²) >= 11 is 0. The molecule has 0 aliphatic carbocycles. The molecule has 4 nitrogen and oxygen atoms in total. The van der Waals surface area contributed by atoms with Gasteiger partial charge in [0.1, 0.15) is 5.82 Å². The molecule has 5 heteroatoms. The summed E-state index contributed by atoms with van der Waals surface area (Å²) in [5, 5.41) is 3.11. The van der Waals surface area contributed by atoms with Crippen molar-refractivity contribution in [2.45, 2.75) is 32.4 Å². The van der Waals surface area contributed by atoms with Crippen molar-refractivity contribution in [3.05, 3.63) is 35.6 Å². The second kappa shape index (κ2) is 6.70. The predicted octanol–water partition coefficient (Wildman–Crippen LogP) is 2.13. The van der Waals surface area contributed by atoms with E-state index in [-0.39, 0.29) is 17.4 Å². The van der Waals surface area contributed by atoms with Gasteiger partial charge in [-0.2, -0.15) is 0 Å². The van der Waals surface area contributed by atoms with Crippen LogP contribution in [0.5, 0.6) is 0 Å². The topological polar surface area (TPSA) is 53.6 Å². The number of nitrogens with two attached hydrogens (primary N) is 1. The first kappa shape index (κ1) is 16.4. The van der Waals surface area contributed by atoms with E-state index in [0.29, 0.717) is 12.5 Å². The van der Waals surface area contributed by atoms with Crippen molar-refractivity contribution in [1.29, 1.82) is 0 Å². The molecule has 0 saturated carbocycles. The van der Waals surface area contributed by atoms with Crippen molar-refractivity contribution in [3.63, 3.8) is 0 Å². The zero-order valence-corrected chi connectivity index (χ0v) is 12.9. The van der Waals surface area contributed by atoms with Gasteiger partial charge in [0.15, 0.2) is 5.96 Å². The molecule has 112 valence electrons. The maximum Gasteiger partial charge on any atom is 0.189 e. The minimum atomic E-state index is -0.237. The number of rotatable bonds is 4. The fraction of sp³-hybridized carbons (Fsp3) is 0.533. The Balaban J connectivity index is 2.81. The van der Waals surface area contributed by atoms with Crippen molar-refractivity contribution in [3.8, 4) is 0 Å². The molecule has 1 aromatic carbocycles. The number of halogens is 1. The molecule has 0 aliphatic rings. The number of likely N-dealkylation sites (N-methyl/N-ethyl adjacent to an activating group) is 1. The normalized spacial score (nSPS) is 14.4. The first-order valence-electron chi connectivity index (χ1n) is 6.69. The second-order valence-electron chi connectivity index (χ2n) is 6.14. The first-order valence-corrected chi connectivity index (χ1v) is 6.69. The molecule has 20 heavy (non-hydrogen) atoms. The Bertz CT molecular complexity index is 463. The first-order chi connectivity index (χ1) is 9.19. The Hall–Kier alpha value is -1.62. The van der Waals surface area contributed by atoms with Gasteiger partial charge in [0.05, 0.1) is 12.6 Å². The lowest BCUT2D eigenvalue weighted by molar-refractivity contribution is 0.305. The van der Waals surface area contributed by atoms with Crippen LogP contribution in [-0.2, 0) is 0 Å². The van der Waals surface area contributed by atoms with Crippen LogP contribution in [0.2, 0.25) is 0 Å². The number of nitrogens with one attached hydrogen (secondary N) is 1. The molecule has 0 radical (unpaired) electrons. The van der Waals surface area contributed by atoms with Crippen LogP contribution in [-0.4, -0.2) is 37.0 Å². The van der Waals surface area contributed by atoms with Gasteiger partial charge in [0, 0.05) is 5.54 Å². The number of hydrogen-bond acceptors (Lipinski definition) is 2. The lowest BCUT2D eigenvalue weighted by atomic mass is 10.1. The monoisotopic (exact) mass is 280 g/mol. The van der Waals surface area contributed by atoms with Crippen LogP contribution in [0, 0.1) is 5.82 Å². The smallest absolute Gasteiger partial charge is 0.189 e. The molecule has 0 spiro atoms. The third-order valence-electron chi connectivity index (χ3n) is 2.79. The highest BCUT2D eigenvalue weighted by atomic mass is 19.1. The molecule has 0 aliphatic heterocycles. The van der Waals surface area contributed by atoms with E-state index in [4.69, 9.17) is 5.73 Å². The van der Waals surface area contributed by atoms with Gasteiger partial charge in [-0.05, 0) is 52.6 Å². The number of hydrogen-bond donors (Lipinski definition) is 2. The second-order valence-corrected chi connectivity index (χ2v) is 6.14. The minimum Gasteiger partial charge on any atom is -0.370 e. The fourth-order valence-corrected chi connectivity index (χ4v) is 1.89. The predicted molar refractivity (Wildman–Crippen MR) is 82.2 cm³/mol. The quantitative estimate of drug-likeness (QED) is 0.656. The van der Waals surface area contributed by atoms with E-state index >= 15 is 0 Å². The number of nitrogens with zero attached hydrogens (tertiary/aromatic N) is 2. The molecule has 1 rings (SSSR count). The van der Waals surface area contributed by atoms with E-state index in [0.717, 1.165) is 5.56 Å². The summed E-state index contributed by atoms with van der Waals surface area (Å²) in [4.78, 5) is 6.36. The maximum absolute atomic E-state index is 13.3. The summed E-state index contributed by atoms with van der Waals surface area (Å²) in [5.41, 5.74) is 6.63. The van der Waals surface area contributed by atoms with Crippen molar-refractivity contribution in [2.75, 3.05) is 20.6 Å². The third kappa shape index (κ3) is 5.57. The van der Waals surface area contributed by atoms with E-state index in [2.05, 4.69) is 10.3 Å². The van der Waals surface area contributed by atoms with E-state index < -0.39 is 0 Å². The number of aliphatic imine (C=N–C) groups is 1. The molecule has 1 atom stereocenters. The van der Waals surface area contributed by atoms with Gasteiger partial charge >= 0.3 is 0 Å². The van der Waals surface area contributed by atoms with Crippen LogP contribution in [0.25, 0.3) is 0 Å². The standard InChI is InChI=1S/C15H25FN4/c1-15(2,3)19-14(17)18-10-13(20(4)5)11-7-6-8-12(16)9-11/h6-9,13H,10H2,1-5H3,(H3,17,18,19). The van der Waals surface area contributed by atoms with Gasteiger partial charge in [-0.1, -0.05) is 12.1 Å². The van der Waals surface area contributed by atoms with Gasteiger partial charge in [-0.15, -0.1) is 0 Å². The minimum absolute atomic E-state index is 0.00832. The average molecular weight is 280 g/mol. The van der Waals surface area contributed by atoms with Crippen LogP contribution in [0.15, 0.2) is 29.3 Å². The average Bonchev–Trinajstić information content (AvgIpc) is 2.26. The molecule has 1 unspecified atom stereocenters. The van der Waals surface area contributed by atoms with Crippen molar-refractivity contribution in [2.24, 2.45) is 10.7 Å². The van der Waals surface area contributed by atoms with Crippen LogP contribution >= 0.6 is 0 Å². The molecule has 0 aromatic heterocycles. The largest absolute Gasteiger partial charge is 0.370 e. The molecule has 0 saturated heterocycles. The van der Waals surface area contributed by atoms with Gasteiger partial charge in [-0.3, -0.25) is 4.99 Å². The van der Waals surface area contributed by atoms with E-state index in [1.165, 1.54) is 12.1 Å². The summed E-state index contributed by atoms with van der Waals surface area (Å²) in [6.45, 7) is 6.54. The van der Waals surface area contributed by atoms with Crippen LogP contribution < -0.4 is 11.1 Å². The third-order valence-corrected chi connectivity index (χ3v) is 2.79. The van der Waals surface area contributed by atoms with Crippen LogP contribution in [0.4, 0.5) is 4.39 Å². The van der Waals surface area contributed by atoms with E-state index in [1.54, 1.807) is 6.07 Å². The highest BCUT2D eigenvalue weighted by molar-refractivity contribution is 5.78. The molecule has 1 aromatic rings. The van der Waals surface area contributed by atoms with Gasteiger partial charge in [0.25, 0.3) is 0 Å². The number of guanidine groups is 1. The molecule has 0 fully saturated rings. The Labute approximate surface area is 120 Å². The van der Waals surface area contributed by atoms with Crippen molar-refractivity contribution >= 4 is 5.96 Å². The maximum atomic E-state index is 13.3. The van der Waals surface area contributed by atoms with Crippen molar-refractivity contribution < 1.29 is 4.39 Å². The summed E-state index contributed by atoms with van der Waals surface area (Å²) in [7, 11) is 3.89. The molecule has 3 N–H and O–H groups in total. The fourth-order valence-electron chi connectivity index (χ4n) is 1.89. The highest BCUT2D eigenvalue weighted by Gasteiger charge is 2.15. The molecular weight excluding hydrogens is 255 g/mol. The van der Waals surface area contributed by atoms with E-state index in [1.807, 2.05) is 45.8 Å². The Morgan fingerprint density at radius 3 is 2.55 bits per heavy atom. The van der Waals surface area contributed by atoms with Crippen molar-refractivity contribution in [1.82, 2.24) is 10.2 Å². The molecule has 0 heterocycles. The van der Waals surface area contributed by atoms with Crippen LogP contribution in [0.3, 0.4) is 0 Å². The summed E-state index contributed by atoms with van der Waals surface area (Å²) in [6.07, 6.45) is 0. The Morgan fingerprint density at radius 1 is 1.40 bits per heavy atom. The lowest BCUT2D eigenvalue weighted by Gasteiger charge is -2.25. The summed E-state index contributed by atoms with van der Waals surface area (Å²) in [5.74, 6) is 0.167. The molecule has 0 bridgehead atoms. The van der Waals surface area contributed by atoms with Gasteiger partial charge < -0.3 is 16.0 Å². The number of benzene rings is 1.